The summed E-state index contributed by atoms with van der Waals surface area (Å²) in [7, 11) is 2.08. The third-order valence-corrected chi connectivity index (χ3v) is 3.31. The highest BCUT2D eigenvalue weighted by Gasteiger charge is 2.06. The molecule has 0 bridgehead atoms. The van der Waals surface area contributed by atoms with Gasteiger partial charge in [-0.2, -0.15) is 5.26 Å². The minimum Gasteiger partial charge on any atom is -0.491 e. The molecule has 5 nitrogen and oxygen atoms in total. The van der Waals surface area contributed by atoms with Crippen LogP contribution in [0.25, 0.3) is 0 Å². The normalized spacial score (nSPS) is 12.4. The molecule has 1 aromatic carbocycles. The van der Waals surface area contributed by atoms with Gasteiger partial charge in [0.2, 0.25) is 0 Å². The number of likely N-dealkylation sites (N-methyl/N-ethyl adjacent to an activating group) is 1. The van der Waals surface area contributed by atoms with Gasteiger partial charge in [-0.1, -0.05) is 6.07 Å². The molecular formula is C16H25N3O2. The lowest BCUT2D eigenvalue weighted by molar-refractivity contribution is 0.105. The number of hydrogen-bond donors (Lipinski definition) is 2. The molecule has 2 N–H and O–H groups in total. The average Bonchev–Trinajstić information content (AvgIpc) is 2.49. The summed E-state index contributed by atoms with van der Waals surface area (Å²) >= 11 is 0. The first-order chi connectivity index (χ1) is 10.0. The van der Waals surface area contributed by atoms with Gasteiger partial charge < -0.3 is 20.1 Å². The smallest absolute Gasteiger partial charge is 0.120 e. The highest BCUT2D eigenvalue weighted by Crippen LogP contribution is 2.12. The summed E-state index contributed by atoms with van der Waals surface area (Å²) in [5.74, 6) is 0.604. The predicted octanol–water partition coefficient (Wildman–Crippen LogP) is 1.23. The highest BCUT2D eigenvalue weighted by molar-refractivity contribution is 5.36. The van der Waals surface area contributed by atoms with Crippen molar-refractivity contribution in [3.05, 3.63) is 29.8 Å². The molecule has 0 fully saturated rings. The van der Waals surface area contributed by atoms with E-state index in [1.807, 2.05) is 0 Å². The van der Waals surface area contributed by atoms with Crippen molar-refractivity contribution >= 4 is 0 Å². The second kappa shape index (κ2) is 9.35. The maximum atomic E-state index is 9.85. The lowest BCUT2D eigenvalue weighted by Gasteiger charge is -2.21. The van der Waals surface area contributed by atoms with Crippen molar-refractivity contribution in [1.82, 2.24) is 10.2 Å². The molecule has 1 unspecified atom stereocenters. The van der Waals surface area contributed by atoms with E-state index in [0.29, 0.717) is 23.9 Å². The molecular weight excluding hydrogens is 266 g/mol. The van der Waals surface area contributed by atoms with Gasteiger partial charge in [0.25, 0.3) is 0 Å². The number of nitrogens with zero attached hydrogens (tertiary/aromatic N) is 2. The van der Waals surface area contributed by atoms with Crippen LogP contribution in [-0.4, -0.2) is 55.4 Å². The number of hydrogen-bond acceptors (Lipinski definition) is 5. The van der Waals surface area contributed by atoms with Crippen LogP contribution in [0.3, 0.4) is 0 Å². The Morgan fingerprint density at radius 1 is 1.43 bits per heavy atom. The van der Waals surface area contributed by atoms with Gasteiger partial charge in [-0.05, 0) is 39.1 Å². The SMILES string of the molecule is CC(C)N(C)CCNCC(O)COc1cccc(C#N)c1. The number of nitrogens with one attached hydrogen (secondary N) is 1. The molecule has 0 spiro atoms. The molecule has 1 atom stereocenters. The van der Waals surface area contributed by atoms with Crippen LogP contribution >= 0.6 is 0 Å². The molecule has 0 saturated carbocycles. The Morgan fingerprint density at radius 2 is 2.19 bits per heavy atom. The fourth-order valence-electron chi connectivity index (χ4n) is 1.69. The average molecular weight is 291 g/mol. The van der Waals surface area contributed by atoms with Crippen LogP contribution in [0.15, 0.2) is 24.3 Å². The van der Waals surface area contributed by atoms with Crippen molar-refractivity contribution in [2.45, 2.75) is 26.0 Å². The van der Waals surface area contributed by atoms with Gasteiger partial charge in [0.1, 0.15) is 18.5 Å². The second-order valence-electron chi connectivity index (χ2n) is 5.38. The van der Waals surface area contributed by atoms with Crippen LogP contribution < -0.4 is 10.1 Å². The third-order valence-electron chi connectivity index (χ3n) is 3.31. The summed E-state index contributed by atoms with van der Waals surface area (Å²) in [5, 5.41) is 21.8. The van der Waals surface area contributed by atoms with E-state index in [1.165, 1.54) is 0 Å². The molecule has 0 amide bonds. The molecule has 0 aliphatic carbocycles. The van der Waals surface area contributed by atoms with E-state index >= 15 is 0 Å². The predicted molar refractivity (Wildman–Crippen MR) is 83.3 cm³/mol. The molecule has 21 heavy (non-hydrogen) atoms. The number of nitriles is 1. The summed E-state index contributed by atoms with van der Waals surface area (Å²) in [4.78, 5) is 2.24. The molecule has 0 saturated heterocycles. The lowest BCUT2D eigenvalue weighted by Crippen LogP contribution is -2.38. The maximum Gasteiger partial charge on any atom is 0.120 e. The fraction of sp³-hybridized carbons (Fsp3) is 0.562. The molecule has 1 rings (SSSR count). The Kier molecular flexibility index (Phi) is 7.76. The number of aliphatic hydroxyl groups excluding tert-OH is 1. The molecule has 116 valence electrons. The zero-order chi connectivity index (χ0) is 15.7. The molecule has 1 aromatic rings. The summed E-state index contributed by atoms with van der Waals surface area (Å²) in [5.41, 5.74) is 0.553. The number of aliphatic hydroxyl groups is 1. The second-order valence-corrected chi connectivity index (χ2v) is 5.38. The molecule has 0 aromatic heterocycles. The van der Waals surface area contributed by atoms with E-state index in [4.69, 9.17) is 10.00 Å². The lowest BCUT2D eigenvalue weighted by atomic mass is 10.2. The minimum atomic E-state index is -0.569. The molecule has 0 aliphatic heterocycles. The molecule has 0 heterocycles. The van der Waals surface area contributed by atoms with Crippen LogP contribution in [0.2, 0.25) is 0 Å². The van der Waals surface area contributed by atoms with Crippen molar-refractivity contribution < 1.29 is 9.84 Å². The summed E-state index contributed by atoms with van der Waals surface area (Å²) in [6.45, 7) is 6.77. The fourth-order valence-corrected chi connectivity index (χ4v) is 1.69. The Balaban J connectivity index is 2.19. The van der Waals surface area contributed by atoms with Gasteiger partial charge in [0.05, 0.1) is 11.6 Å². The van der Waals surface area contributed by atoms with Crippen molar-refractivity contribution in [3.8, 4) is 11.8 Å². The monoisotopic (exact) mass is 291 g/mol. The van der Waals surface area contributed by atoms with E-state index in [2.05, 4.69) is 37.2 Å². The zero-order valence-electron chi connectivity index (χ0n) is 13.0. The Hall–Kier alpha value is -1.61. The molecule has 5 heteroatoms. The van der Waals surface area contributed by atoms with Gasteiger partial charge in [-0.15, -0.1) is 0 Å². The van der Waals surface area contributed by atoms with Crippen LogP contribution in [0.5, 0.6) is 5.75 Å². The highest BCUT2D eigenvalue weighted by atomic mass is 16.5. The van der Waals surface area contributed by atoms with Crippen LogP contribution in [-0.2, 0) is 0 Å². The quantitative estimate of drug-likeness (QED) is 0.670. The first kappa shape index (κ1) is 17.4. The van der Waals surface area contributed by atoms with E-state index < -0.39 is 6.10 Å². The first-order valence-corrected chi connectivity index (χ1v) is 7.25. The van der Waals surface area contributed by atoms with Gasteiger partial charge in [0, 0.05) is 25.7 Å². The largest absolute Gasteiger partial charge is 0.491 e. The van der Waals surface area contributed by atoms with Gasteiger partial charge >= 0.3 is 0 Å². The van der Waals surface area contributed by atoms with Crippen LogP contribution in [0, 0.1) is 11.3 Å². The third kappa shape index (κ3) is 7.09. The zero-order valence-corrected chi connectivity index (χ0v) is 13.0. The van der Waals surface area contributed by atoms with E-state index in [1.54, 1.807) is 24.3 Å². The van der Waals surface area contributed by atoms with Crippen LogP contribution in [0.4, 0.5) is 0 Å². The Bertz CT molecular complexity index is 457. The number of benzene rings is 1. The van der Waals surface area contributed by atoms with Crippen molar-refractivity contribution in [2.75, 3.05) is 33.3 Å². The Morgan fingerprint density at radius 3 is 2.86 bits per heavy atom. The van der Waals surface area contributed by atoms with E-state index in [9.17, 15) is 5.11 Å². The van der Waals surface area contributed by atoms with Crippen molar-refractivity contribution in [1.29, 1.82) is 5.26 Å². The van der Waals surface area contributed by atoms with Gasteiger partial charge in [-0.3, -0.25) is 0 Å². The van der Waals surface area contributed by atoms with Gasteiger partial charge in [-0.25, -0.2) is 0 Å². The Labute approximate surface area is 127 Å². The topological polar surface area (TPSA) is 68.5 Å². The van der Waals surface area contributed by atoms with Gasteiger partial charge in [0.15, 0.2) is 0 Å². The summed E-state index contributed by atoms with van der Waals surface area (Å²) in [6, 6.07) is 9.50. The number of ether oxygens (including phenoxy) is 1. The van der Waals surface area contributed by atoms with E-state index in [0.717, 1.165) is 13.1 Å². The van der Waals surface area contributed by atoms with Crippen molar-refractivity contribution in [2.24, 2.45) is 0 Å². The maximum absolute atomic E-state index is 9.85. The molecule has 0 aliphatic rings. The first-order valence-electron chi connectivity index (χ1n) is 7.25. The van der Waals surface area contributed by atoms with Crippen molar-refractivity contribution in [3.63, 3.8) is 0 Å². The summed E-state index contributed by atoms with van der Waals surface area (Å²) in [6.07, 6.45) is -0.569. The summed E-state index contributed by atoms with van der Waals surface area (Å²) < 4.78 is 5.48. The minimum absolute atomic E-state index is 0.210. The standard InChI is InChI=1S/C16H25N3O2/c1-13(2)19(3)8-7-18-11-15(20)12-21-16-6-4-5-14(9-16)10-17/h4-6,9,13,15,18,20H,7-8,11-12H2,1-3H3. The molecule has 0 radical (unpaired) electrons. The van der Waals surface area contributed by atoms with E-state index in [-0.39, 0.29) is 6.61 Å². The number of rotatable bonds is 9. The van der Waals surface area contributed by atoms with Crippen LogP contribution in [0.1, 0.15) is 19.4 Å².